The number of aliphatic hydroxyl groups is 10. The molecule has 0 spiro atoms. The van der Waals surface area contributed by atoms with Gasteiger partial charge in [-0.2, -0.15) is 0 Å². The maximum atomic E-state index is 13.2. The van der Waals surface area contributed by atoms with Gasteiger partial charge >= 0.3 is 23.9 Å². The van der Waals surface area contributed by atoms with E-state index in [1.807, 2.05) is 26.0 Å². The van der Waals surface area contributed by atoms with Crippen molar-refractivity contribution in [2.75, 3.05) is 6.54 Å². The van der Waals surface area contributed by atoms with Gasteiger partial charge in [-0.1, -0.05) is 83.2 Å². The van der Waals surface area contributed by atoms with E-state index in [9.17, 15) is 75.3 Å². The van der Waals surface area contributed by atoms with Gasteiger partial charge in [0, 0.05) is 68.9 Å². The molecule has 0 unspecified atom stereocenters. The number of carboxylic acids is 1. The molecule has 2 amide bonds. The number of urea groups is 1. The minimum atomic E-state index is -2.53. The number of carbonyl (C=O) groups is 4. The van der Waals surface area contributed by atoms with Crippen molar-refractivity contribution < 1.29 is 89.6 Å². The molecule has 1 fully saturated rings. The van der Waals surface area contributed by atoms with E-state index < -0.39 is 134 Å². The first-order chi connectivity index (χ1) is 34.7. The predicted octanol–water partition coefficient (Wildman–Crippen LogP) is 3.12. The number of hydrogen-bond acceptors (Lipinski definition) is 17. The van der Waals surface area contributed by atoms with E-state index in [1.54, 1.807) is 52.0 Å². The molecule has 2 rings (SSSR count). The highest BCUT2D eigenvalue weighted by Crippen LogP contribution is 2.36. The van der Waals surface area contributed by atoms with Crippen molar-refractivity contribution in [1.82, 2.24) is 5.32 Å². The maximum absolute atomic E-state index is 13.2. The molecular weight excluding hydrogens is 965 g/mol. The standard InChI is InChI=1S/C54H90N2O18/c1-32-16-12-13-20-49(67)73-51(35(4)17-11-9-7-8-10-14-23-56-53(55)70)36(5)19-15-18-33(2)43(60)26-39(58)24-38(57)25-40(72-50(68)30-48(65)66)27-41-28-46(63)52(69)54(71,74-41)31-47(64)34(3)21-22-42(59)37(6)45(62)29-44(32)61/h7-8,12-13,15-16,18-20,32,34-47,51-52,57-64,69,71H,9-11,14,17,21-31H2,1-6H3,(H,65,66)(H3,55,56,70)/b8-7+,16-12-,19-15-,20-13-,33-18-/t32-,34-,35+,36-,37-,38-,39-,40-,41-,42-,43-,44-,45-,46+,47+,51-,52+,54+/m0/s1. The second kappa shape index (κ2) is 33.9. The van der Waals surface area contributed by atoms with Crippen LogP contribution in [-0.2, 0) is 28.6 Å². The Kier molecular flexibility index (Phi) is 30.2. The van der Waals surface area contributed by atoms with E-state index in [-0.39, 0.29) is 63.2 Å². The molecule has 2 aliphatic heterocycles. The Labute approximate surface area is 436 Å². The van der Waals surface area contributed by atoms with Gasteiger partial charge in [0.1, 0.15) is 24.7 Å². The molecule has 0 saturated carbocycles. The molecule has 18 atom stereocenters. The minimum Gasteiger partial charge on any atom is -0.481 e. The predicted molar refractivity (Wildman–Crippen MR) is 274 cm³/mol. The van der Waals surface area contributed by atoms with Gasteiger partial charge in [0.2, 0.25) is 0 Å². The zero-order chi connectivity index (χ0) is 55.7. The molecule has 20 heteroatoms. The Hall–Kier alpha value is -4.06. The summed E-state index contributed by atoms with van der Waals surface area (Å²) in [6.45, 7) is 11.0. The maximum Gasteiger partial charge on any atom is 0.331 e. The van der Waals surface area contributed by atoms with Gasteiger partial charge in [0.15, 0.2) is 5.79 Å². The Balaban J connectivity index is 2.41. The summed E-state index contributed by atoms with van der Waals surface area (Å²) < 4.78 is 17.3. The van der Waals surface area contributed by atoms with Gasteiger partial charge in [0.25, 0.3) is 0 Å². The average Bonchev–Trinajstić information content (AvgIpc) is 3.30. The smallest absolute Gasteiger partial charge is 0.331 e. The number of ether oxygens (including phenoxy) is 3. The van der Waals surface area contributed by atoms with Crippen LogP contribution in [0, 0.1) is 29.6 Å². The van der Waals surface area contributed by atoms with Crippen LogP contribution >= 0.6 is 0 Å². The molecule has 0 aromatic carbocycles. The lowest BCUT2D eigenvalue weighted by molar-refractivity contribution is -0.333. The summed E-state index contributed by atoms with van der Waals surface area (Å²) in [7, 11) is 0. The first-order valence-corrected chi connectivity index (χ1v) is 26.2. The van der Waals surface area contributed by atoms with Crippen molar-refractivity contribution in [1.29, 1.82) is 0 Å². The van der Waals surface area contributed by atoms with Crippen molar-refractivity contribution in [3.8, 4) is 0 Å². The number of carbonyl (C=O) groups excluding carboxylic acids is 3. The van der Waals surface area contributed by atoms with Crippen LogP contribution in [0.4, 0.5) is 4.79 Å². The van der Waals surface area contributed by atoms with Gasteiger partial charge in [0.05, 0.1) is 54.9 Å². The minimum absolute atomic E-state index is 0.0805. The average molecular weight is 1060 g/mol. The molecule has 1 saturated heterocycles. The van der Waals surface area contributed by atoms with Crippen LogP contribution in [0.3, 0.4) is 0 Å². The molecular formula is C54H90N2O18. The van der Waals surface area contributed by atoms with Gasteiger partial charge in [-0.25, -0.2) is 9.59 Å². The fourth-order valence-corrected chi connectivity index (χ4v) is 9.24. The van der Waals surface area contributed by atoms with E-state index in [0.29, 0.717) is 12.1 Å². The monoisotopic (exact) mass is 1050 g/mol. The Morgan fingerprint density at radius 1 is 0.797 bits per heavy atom. The lowest BCUT2D eigenvalue weighted by atomic mass is 9.84. The SMILES string of the molecule is C/C1=C/C=C\[C@H](C)[C@H]([C@H](C)CCC/C=C/CCCNC(N)=O)OC(=O)/C=C\C=C/[C@H](C)[C@@H](O)C[C@H](O)[C@@H](C)[C@@H](O)CC[C@H](C)[C@H](O)C[C@@]2(O)O[C@@H](C[C@@H](OC(=O)CC(=O)O)C[C@@H](O)C[C@H](O)C[C@@H]1O)C[C@@H](O)[C@H]2O. The fraction of sp³-hybridized carbons (Fsp3) is 0.741. The van der Waals surface area contributed by atoms with Crippen molar-refractivity contribution >= 4 is 23.9 Å². The van der Waals surface area contributed by atoms with Gasteiger partial charge in [-0.15, -0.1) is 0 Å². The van der Waals surface area contributed by atoms with E-state index >= 15 is 0 Å². The number of aliphatic carboxylic acids is 1. The van der Waals surface area contributed by atoms with Gasteiger partial charge < -0.3 is 81.4 Å². The topological polar surface area (TPSA) is 357 Å². The quantitative estimate of drug-likeness (QED) is 0.0578. The van der Waals surface area contributed by atoms with Crippen LogP contribution in [0.1, 0.15) is 138 Å². The van der Waals surface area contributed by atoms with Crippen molar-refractivity contribution in [3.05, 3.63) is 60.3 Å². The third-order valence-electron chi connectivity index (χ3n) is 14.2. The van der Waals surface area contributed by atoms with Crippen molar-refractivity contribution in [3.63, 3.8) is 0 Å². The number of primary amides is 1. The summed E-state index contributed by atoms with van der Waals surface area (Å²) in [5.41, 5.74) is 5.58. The molecule has 74 heavy (non-hydrogen) atoms. The zero-order valence-electron chi connectivity index (χ0n) is 44.2. The summed E-state index contributed by atoms with van der Waals surface area (Å²) >= 11 is 0. The highest BCUT2D eigenvalue weighted by Gasteiger charge is 2.50. The second-order valence-electron chi connectivity index (χ2n) is 20.9. The lowest BCUT2D eigenvalue weighted by Gasteiger charge is -2.45. The lowest BCUT2D eigenvalue weighted by Crippen LogP contribution is -2.60. The van der Waals surface area contributed by atoms with Crippen molar-refractivity contribution in [2.45, 2.75) is 217 Å². The van der Waals surface area contributed by atoms with Crippen LogP contribution in [0.5, 0.6) is 0 Å². The number of allylic oxidation sites excluding steroid dienone is 6. The number of hydrogen-bond donors (Lipinski definition) is 13. The summed E-state index contributed by atoms with van der Waals surface area (Å²) in [6, 6.07) is -0.563. The second-order valence-corrected chi connectivity index (χ2v) is 20.9. The zero-order valence-corrected chi connectivity index (χ0v) is 44.2. The Morgan fingerprint density at radius 3 is 2.11 bits per heavy atom. The van der Waals surface area contributed by atoms with Crippen LogP contribution in [0.15, 0.2) is 60.3 Å². The number of nitrogens with one attached hydrogen (secondary N) is 1. The number of fused-ring (bicyclic) bond motifs is 2. The number of esters is 2. The third-order valence-corrected chi connectivity index (χ3v) is 14.2. The summed E-state index contributed by atoms with van der Waals surface area (Å²) in [6.07, 6.45) is 1.45. The van der Waals surface area contributed by atoms with Gasteiger partial charge in [-0.3, -0.25) is 9.59 Å². The molecule has 2 bridgehead atoms. The number of rotatable bonds is 12. The summed E-state index contributed by atoms with van der Waals surface area (Å²) in [5.74, 6) is -7.93. The number of cyclic esters (lactones) is 1. The van der Waals surface area contributed by atoms with E-state index in [1.165, 1.54) is 12.2 Å². The third kappa shape index (κ3) is 25.2. The Bertz CT molecular complexity index is 1840. The molecule has 0 radical (unpaired) electrons. The van der Waals surface area contributed by atoms with Crippen LogP contribution in [-0.4, -0.2) is 166 Å². The number of nitrogens with two attached hydrogens (primary N) is 1. The highest BCUT2D eigenvalue weighted by molar-refractivity contribution is 5.90. The van der Waals surface area contributed by atoms with E-state index in [2.05, 4.69) is 11.4 Å². The largest absolute Gasteiger partial charge is 0.481 e. The van der Waals surface area contributed by atoms with Crippen molar-refractivity contribution in [2.24, 2.45) is 35.3 Å². The molecule has 2 aliphatic rings. The number of unbranched alkanes of at least 4 members (excludes halogenated alkanes) is 2. The van der Waals surface area contributed by atoms with Crippen LogP contribution < -0.4 is 11.1 Å². The molecule has 0 aliphatic carbocycles. The summed E-state index contributed by atoms with van der Waals surface area (Å²) in [4.78, 5) is 48.0. The molecule has 2 heterocycles. The highest BCUT2D eigenvalue weighted by atomic mass is 16.7. The number of carboxylic acid groups (broad SMARTS) is 1. The number of amides is 2. The van der Waals surface area contributed by atoms with Gasteiger partial charge in [-0.05, 0) is 75.7 Å². The van der Waals surface area contributed by atoms with E-state index in [0.717, 1.165) is 32.1 Å². The first-order valence-electron chi connectivity index (χ1n) is 26.2. The molecule has 14 N–H and O–H groups in total. The molecule has 20 nitrogen and oxygen atoms in total. The van der Waals surface area contributed by atoms with Crippen LogP contribution in [0.2, 0.25) is 0 Å². The Morgan fingerprint density at radius 2 is 1.45 bits per heavy atom. The van der Waals surface area contributed by atoms with Crippen LogP contribution in [0.25, 0.3) is 0 Å². The van der Waals surface area contributed by atoms with E-state index in [4.69, 9.17) is 19.9 Å². The normalized spacial score (nSPS) is 37.9. The fourth-order valence-electron chi connectivity index (χ4n) is 9.24. The molecule has 0 aromatic rings. The molecule has 0 aromatic heterocycles. The first kappa shape index (κ1) is 66.1. The number of aliphatic hydroxyl groups excluding tert-OH is 9. The molecule has 424 valence electrons. The summed E-state index contributed by atoms with van der Waals surface area (Å²) in [5, 5.41) is 122.